The van der Waals surface area contributed by atoms with Crippen LogP contribution in [0.25, 0.3) is 0 Å². The first-order valence-electron chi connectivity index (χ1n) is 7.69. The molecule has 7 heteroatoms. The summed E-state index contributed by atoms with van der Waals surface area (Å²) in [4.78, 5) is 28.9. The van der Waals surface area contributed by atoms with Crippen LogP contribution in [0.15, 0.2) is 23.1 Å². The van der Waals surface area contributed by atoms with Gasteiger partial charge in [0, 0.05) is 42.0 Å². The van der Waals surface area contributed by atoms with Gasteiger partial charge in [0.15, 0.2) is 0 Å². The molecule has 1 aromatic carbocycles. The highest BCUT2D eigenvalue weighted by Crippen LogP contribution is 2.32. The number of carbonyl (C=O) groups excluding carboxylic acids is 2. The third-order valence-corrected chi connectivity index (χ3v) is 5.83. The highest BCUT2D eigenvalue weighted by atomic mass is 35.5. The van der Waals surface area contributed by atoms with Crippen LogP contribution in [0.5, 0.6) is 0 Å². The second-order valence-corrected chi connectivity index (χ2v) is 7.70. The lowest BCUT2D eigenvalue weighted by Gasteiger charge is -2.35. The van der Waals surface area contributed by atoms with E-state index in [0.717, 1.165) is 17.7 Å². The molecule has 2 fully saturated rings. The van der Waals surface area contributed by atoms with E-state index in [1.165, 1.54) is 11.8 Å². The van der Waals surface area contributed by atoms with E-state index in [9.17, 15) is 9.59 Å². The van der Waals surface area contributed by atoms with E-state index in [4.69, 9.17) is 23.2 Å². The topological polar surface area (TPSA) is 40.6 Å². The highest BCUT2D eigenvalue weighted by Gasteiger charge is 2.35. The van der Waals surface area contributed by atoms with Crippen molar-refractivity contribution >= 4 is 46.8 Å². The van der Waals surface area contributed by atoms with Gasteiger partial charge in [-0.05, 0) is 31.0 Å². The molecule has 1 heterocycles. The molecule has 4 nitrogen and oxygen atoms in total. The van der Waals surface area contributed by atoms with E-state index in [-0.39, 0.29) is 17.7 Å². The van der Waals surface area contributed by atoms with Gasteiger partial charge >= 0.3 is 0 Å². The summed E-state index contributed by atoms with van der Waals surface area (Å²) in [5, 5.41) is 1.21. The van der Waals surface area contributed by atoms with Gasteiger partial charge in [0.05, 0.1) is 10.8 Å². The fraction of sp³-hybridized carbons (Fsp3) is 0.500. The van der Waals surface area contributed by atoms with Crippen LogP contribution in [0.2, 0.25) is 10.0 Å². The number of thioether (sulfide) groups is 1. The highest BCUT2D eigenvalue weighted by molar-refractivity contribution is 8.00. The number of piperazine rings is 1. The predicted molar refractivity (Wildman–Crippen MR) is 93.1 cm³/mol. The molecule has 0 aromatic heterocycles. The van der Waals surface area contributed by atoms with Crippen molar-refractivity contribution < 1.29 is 9.59 Å². The maximum Gasteiger partial charge on any atom is 0.233 e. The Kier molecular flexibility index (Phi) is 5.39. The molecule has 2 amide bonds. The Balaban J connectivity index is 1.47. The molecule has 1 aliphatic carbocycles. The molecule has 0 bridgehead atoms. The van der Waals surface area contributed by atoms with Gasteiger partial charge in [-0.25, -0.2) is 0 Å². The minimum absolute atomic E-state index is 0.0737. The monoisotopic (exact) mass is 372 g/mol. The number of rotatable bonds is 4. The number of amides is 2. The van der Waals surface area contributed by atoms with Crippen LogP contribution in [0.1, 0.15) is 12.8 Å². The normalized spacial score (nSPS) is 18.2. The van der Waals surface area contributed by atoms with Crippen molar-refractivity contribution in [3.63, 3.8) is 0 Å². The summed E-state index contributed by atoms with van der Waals surface area (Å²) in [5.74, 6) is 0.913. The first-order chi connectivity index (χ1) is 11.0. The van der Waals surface area contributed by atoms with Gasteiger partial charge in [-0.1, -0.05) is 23.2 Å². The minimum atomic E-state index is 0.0737. The summed E-state index contributed by atoms with van der Waals surface area (Å²) in [6.45, 7) is 2.51. The van der Waals surface area contributed by atoms with E-state index < -0.39 is 0 Å². The maximum absolute atomic E-state index is 12.3. The van der Waals surface area contributed by atoms with Crippen LogP contribution < -0.4 is 0 Å². The van der Waals surface area contributed by atoms with Crippen molar-refractivity contribution in [2.24, 2.45) is 5.92 Å². The Morgan fingerprint density at radius 1 is 1.09 bits per heavy atom. The van der Waals surface area contributed by atoms with Gasteiger partial charge in [-0.2, -0.15) is 0 Å². The molecule has 1 aliphatic heterocycles. The van der Waals surface area contributed by atoms with E-state index in [1.807, 2.05) is 9.80 Å². The Morgan fingerprint density at radius 2 is 1.74 bits per heavy atom. The molecule has 3 rings (SSSR count). The van der Waals surface area contributed by atoms with Crippen LogP contribution in [0.4, 0.5) is 0 Å². The van der Waals surface area contributed by atoms with Crippen molar-refractivity contribution in [1.82, 2.24) is 9.80 Å². The molecule has 1 saturated heterocycles. The second kappa shape index (κ2) is 7.32. The van der Waals surface area contributed by atoms with Crippen molar-refractivity contribution in [2.75, 3.05) is 31.9 Å². The second-order valence-electron chi connectivity index (χ2n) is 5.84. The molecule has 124 valence electrons. The predicted octanol–water partition coefficient (Wildman–Crippen LogP) is 3.17. The summed E-state index contributed by atoms with van der Waals surface area (Å²) in [7, 11) is 0. The van der Waals surface area contributed by atoms with Crippen LogP contribution in [0, 0.1) is 5.92 Å². The maximum atomic E-state index is 12.3. The Hall–Kier alpha value is -0.910. The third-order valence-electron chi connectivity index (χ3n) is 4.12. The Labute approximate surface area is 150 Å². The summed E-state index contributed by atoms with van der Waals surface area (Å²) >= 11 is 13.5. The van der Waals surface area contributed by atoms with Gasteiger partial charge in [-0.3, -0.25) is 9.59 Å². The molecule has 2 aliphatic rings. The van der Waals surface area contributed by atoms with Gasteiger partial charge in [-0.15, -0.1) is 11.8 Å². The smallest absolute Gasteiger partial charge is 0.233 e. The molecule has 1 aromatic rings. The molecular weight excluding hydrogens is 355 g/mol. The first kappa shape index (κ1) is 16.9. The Morgan fingerprint density at radius 3 is 2.39 bits per heavy atom. The molecule has 0 radical (unpaired) electrons. The zero-order valence-electron chi connectivity index (χ0n) is 12.6. The minimum Gasteiger partial charge on any atom is -0.339 e. The average Bonchev–Trinajstić information content (AvgIpc) is 3.40. The zero-order valence-corrected chi connectivity index (χ0v) is 15.0. The van der Waals surface area contributed by atoms with E-state index in [1.54, 1.807) is 18.2 Å². The van der Waals surface area contributed by atoms with Crippen LogP contribution >= 0.6 is 35.0 Å². The zero-order chi connectivity index (χ0) is 16.4. The van der Waals surface area contributed by atoms with Gasteiger partial charge in [0.2, 0.25) is 11.8 Å². The first-order valence-corrected chi connectivity index (χ1v) is 9.43. The number of carbonyl (C=O) groups is 2. The molecular formula is C16H18Cl2N2O2S. The molecule has 0 N–H and O–H groups in total. The molecule has 1 saturated carbocycles. The fourth-order valence-electron chi connectivity index (χ4n) is 2.58. The lowest BCUT2D eigenvalue weighted by molar-refractivity contribution is -0.139. The van der Waals surface area contributed by atoms with Crippen LogP contribution in [-0.4, -0.2) is 53.5 Å². The molecule has 0 atom stereocenters. The number of nitrogens with zero attached hydrogens (tertiary/aromatic N) is 2. The largest absolute Gasteiger partial charge is 0.339 e. The number of halogens is 2. The standard InChI is InChI=1S/C16H18Cl2N2O2S/c17-12-3-4-13(18)14(9-12)23-10-15(21)19-5-7-20(8-6-19)16(22)11-1-2-11/h3-4,9,11H,1-2,5-8,10H2. The van der Waals surface area contributed by atoms with Gasteiger partial charge in [0.1, 0.15) is 0 Å². The summed E-state index contributed by atoms with van der Waals surface area (Å²) in [6, 6.07) is 5.24. The summed E-state index contributed by atoms with van der Waals surface area (Å²) in [5.41, 5.74) is 0. The average molecular weight is 373 g/mol. The summed E-state index contributed by atoms with van der Waals surface area (Å²) < 4.78 is 0. The third kappa shape index (κ3) is 4.34. The number of hydrogen-bond donors (Lipinski definition) is 0. The SMILES string of the molecule is O=C(CSc1cc(Cl)ccc1Cl)N1CCN(C(=O)C2CC2)CC1. The van der Waals surface area contributed by atoms with E-state index >= 15 is 0 Å². The molecule has 0 spiro atoms. The number of hydrogen-bond acceptors (Lipinski definition) is 3. The lowest BCUT2D eigenvalue weighted by Crippen LogP contribution is -2.51. The number of benzene rings is 1. The van der Waals surface area contributed by atoms with E-state index in [0.29, 0.717) is 42.0 Å². The molecule has 23 heavy (non-hydrogen) atoms. The van der Waals surface area contributed by atoms with Crippen molar-refractivity contribution in [3.8, 4) is 0 Å². The van der Waals surface area contributed by atoms with Gasteiger partial charge < -0.3 is 9.80 Å². The lowest BCUT2D eigenvalue weighted by atomic mass is 10.2. The van der Waals surface area contributed by atoms with Crippen molar-refractivity contribution in [2.45, 2.75) is 17.7 Å². The van der Waals surface area contributed by atoms with E-state index in [2.05, 4.69) is 0 Å². The van der Waals surface area contributed by atoms with Crippen LogP contribution in [-0.2, 0) is 9.59 Å². The Bertz CT molecular complexity index is 614. The molecule has 0 unspecified atom stereocenters. The summed E-state index contributed by atoms with van der Waals surface area (Å²) in [6.07, 6.45) is 2.05. The van der Waals surface area contributed by atoms with Crippen molar-refractivity contribution in [3.05, 3.63) is 28.2 Å². The quantitative estimate of drug-likeness (QED) is 0.762. The van der Waals surface area contributed by atoms with Gasteiger partial charge in [0.25, 0.3) is 0 Å². The van der Waals surface area contributed by atoms with Crippen LogP contribution in [0.3, 0.4) is 0 Å². The van der Waals surface area contributed by atoms with Crippen molar-refractivity contribution in [1.29, 1.82) is 0 Å². The fourth-order valence-corrected chi connectivity index (χ4v) is 3.98.